The molecule has 0 spiro atoms. The van der Waals surface area contributed by atoms with Crippen LogP contribution in [0.1, 0.15) is 6.42 Å². The van der Waals surface area contributed by atoms with Crippen LogP contribution in [0.5, 0.6) is 5.75 Å². The first-order valence-corrected chi connectivity index (χ1v) is 7.64. The minimum atomic E-state index is -2.48. The van der Waals surface area contributed by atoms with Gasteiger partial charge in [0.15, 0.2) is 11.6 Å². The standard InChI is InChI=1S/C16H14F3NO2S/c17-13-3-1-2-4-14(13)22-10-9-15(21)20-11-5-7-12(8-6-11)23-16(18)19/h1-8,16H,9-10H2,(H,20,21). The normalized spacial score (nSPS) is 10.6. The molecule has 1 N–H and O–H groups in total. The predicted octanol–water partition coefficient (Wildman–Crippen LogP) is 4.55. The highest BCUT2D eigenvalue weighted by molar-refractivity contribution is 7.99. The Balaban J connectivity index is 1.77. The summed E-state index contributed by atoms with van der Waals surface area (Å²) in [4.78, 5) is 12.2. The number of para-hydroxylation sites is 1. The number of nitrogens with one attached hydrogen (secondary N) is 1. The number of anilines is 1. The molecule has 0 bridgehead atoms. The second-order valence-electron chi connectivity index (χ2n) is 4.48. The molecule has 0 atom stereocenters. The minimum Gasteiger partial charge on any atom is -0.490 e. The van der Waals surface area contributed by atoms with E-state index in [9.17, 15) is 18.0 Å². The van der Waals surface area contributed by atoms with E-state index in [0.29, 0.717) is 22.3 Å². The maximum Gasteiger partial charge on any atom is 0.288 e. The number of rotatable bonds is 7. The van der Waals surface area contributed by atoms with Crippen LogP contribution in [-0.2, 0) is 4.79 Å². The average molecular weight is 341 g/mol. The summed E-state index contributed by atoms with van der Waals surface area (Å²) in [5, 5.41) is 2.61. The summed E-state index contributed by atoms with van der Waals surface area (Å²) in [6, 6.07) is 12.0. The maximum atomic E-state index is 13.3. The van der Waals surface area contributed by atoms with E-state index in [2.05, 4.69) is 5.32 Å². The third-order valence-corrected chi connectivity index (χ3v) is 3.51. The Labute approximate surface area is 135 Å². The zero-order valence-electron chi connectivity index (χ0n) is 12.0. The van der Waals surface area contributed by atoms with Gasteiger partial charge in [-0.1, -0.05) is 23.9 Å². The monoisotopic (exact) mass is 341 g/mol. The number of hydrogen-bond donors (Lipinski definition) is 1. The molecule has 2 aromatic rings. The van der Waals surface area contributed by atoms with E-state index in [-0.39, 0.29) is 24.7 Å². The largest absolute Gasteiger partial charge is 0.490 e. The number of thioether (sulfide) groups is 1. The fourth-order valence-electron chi connectivity index (χ4n) is 1.76. The molecule has 2 aromatic carbocycles. The van der Waals surface area contributed by atoms with E-state index in [0.717, 1.165) is 0 Å². The summed E-state index contributed by atoms with van der Waals surface area (Å²) in [5.74, 6) is -3.18. The number of amides is 1. The van der Waals surface area contributed by atoms with Gasteiger partial charge in [-0.2, -0.15) is 8.78 Å². The summed E-state index contributed by atoms with van der Waals surface area (Å²) < 4.78 is 42.9. The van der Waals surface area contributed by atoms with Crippen molar-refractivity contribution in [3.8, 4) is 5.75 Å². The number of ether oxygens (including phenoxy) is 1. The Morgan fingerprint density at radius 3 is 2.48 bits per heavy atom. The lowest BCUT2D eigenvalue weighted by Gasteiger charge is -2.08. The van der Waals surface area contributed by atoms with Gasteiger partial charge in [0.1, 0.15) is 0 Å². The van der Waals surface area contributed by atoms with Gasteiger partial charge >= 0.3 is 0 Å². The predicted molar refractivity (Wildman–Crippen MR) is 83.4 cm³/mol. The van der Waals surface area contributed by atoms with Crippen molar-refractivity contribution in [2.75, 3.05) is 11.9 Å². The molecule has 3 nitrogen and oxygen atoms in total. The van der Waals surface area contributed by atoms with Crippen LogP contribution >= 0.6 is 11.8 Å². The average Bonchev–Trinajstić information content (AvgIpc) is 2.51. The van der Waals surface area contributed by atoms with Crippen LogP contribution in [0.25, 0.3) is 0 Å². The number of halogens is 3. The lowest BCUT2D eigenvalue weighted by molar-refractivity contribution is -0.116. The topological polar surface area (TPSA) is 38.3 Å². The zero-order chi connectivity index (χ0) is 16.7. The lowest BCUT2D eigenvalue weighted by atomic mass is 10.3. The Hall–Kier alpha value is -2.15. The van der Waals surface area contributed by atoms with Gasteiger partial charge in [-0.3, -0.25) is 4.79 Å². The number of carbonyl (C=O) groups excluding carboxylic acids is 1. The van der Waals surface area contributed by atoms with Crippen LogP contribution in [0.3, 0.4) is 0 Å². The Morgan fingerprint density at radius 1 is 1.13 bits per heavy atom. The summed E-state index contributed by atoms with van der Waals surface area (Å²) in [5.41, 5.74) is 0.500. The lowest BCUT2D eigenvalue weighted by Crippen LogP contribution is -2.15. The zero-order valence-corrected chi connectivity index (χ0v) is 12.8. The van der Waals surface area contributed by atoms with Crippen molar-refractivity contribution in [3.63, 3.8) is 0 Å². The van der Waals surface area contributed by atoms with Gasteiger partial charge in [-0.25, -0.2) is 4.39 Å². The molecular weight excluding hydrogens is 327 g/mol. The molecule has 0 aromatic heterocycles. The highest BCUT2D eigenvalue weighted by Crippen LogP contribution is 2.26. The Kier molecular flexibility index (Phi) is 6.34. The molecule has 0 aliphatic rings. The molecule has 2 rings (SSSR count). The van der Waals surface area contributed by atoms with Crippen molar-refractivity contribution in [2.24, 2.45) is 0 Å². The van der Waals surface area contributed by atoms with Crippen LogP contribution in [0.2, 0.25) is 0 Å². The molecular formula is C16H14F3NO2S. The fraction of sp³-hybridized carbons (Fsp3) is 0.188. The van der Waals surface area contributed by atoms with E-state index in [1.807, 2.05) is 0 Å². The fourth-order valence-corrected chi connectivity index (χ4v) is 2.26. The molecule has 0 radical (unpaired) electrons. The van der Waals surface area contributed by atoms with Crippen molar-refractivity contribution < 1.29 is 22.7 Å². The molecule has 1 amide bonds. The van der Waals surface area contributed by atoms with E-state index in [4.69, 9.17) is 4.74 Å². The molecule has 0 heterocycles. The van der Waals surface area contributed by atoms with Gasteiger partial charge in [-0.15, -0.1) is 0 Å². The van der Waals surface area contributed by atoms with Gasteiger partial charge in [-0.05, 0) is 36.4 Å². The number of hydrogen-bond acceptors (Lipinski definition) is 3. The van der Waals surface area contributed by atoms with E-state index >= 15 is 0 Å². The van der Waals surface area contributed by atoms with Crippen LogP contribution in [0.15, 0.2) is 53.4 Å². The third kappa shape index (κ3) is 5.86. The smallest absolute Gasteiger partial charge is 0.288 e. The molecule has 7 heteroatoms. The number of carbonyl (C=O) groups is 1. The second-order valence-corrected chi connectivity index (χ2v) is 5.54. The van der Waals surface area contributed by atoms with Crippen LogP contribution < -0.4 is 10.1 Å². The summed E-state index contributed by atoms with van der Waals surface area (Å²) in [6.45, 7) is 0.0338. The van der Waals surface area contributed by atoms with Gasteiger partial charge in [0.25, 0.3) is 5.76 Å². The first-order chi connectivity index (χ1) is 11.0. The second kappa shape index (κ2) is 8.47. The molecule has 0 saturated carbocycles. The molecule has 23 heavy (non-hydrogen) atoms. The number of alkyl halides is 2. The number of benzene rings is 2. The molecule has 0 saturated heterocycles. The molecule has 122 valence electrons. The van der Waals surface area contributed by atoms with Crippen molar-refractivity contribution in [2.45, 2.75) is 17.1 Å². The van der Waals surface area contributed by atoms with Crippen molar-refractivity contribution in [1.82, 2.24) is 0 Å². The van der Waals surface area contributed by atoms with Gasteiger partial charge in [0.2, 0.25) is 5.91 Å². The van der Waals surface area contributed by atoms with E-state index in [1.165, 1.54) is 24.3 Å². The molecule has 0 unspecified atom stereocenters. The summed E-state index contributed by atoms with van der Waals surface area (Å²) in [6.07, 6.45) is 0.0435. The molecule has 0 aliphatic heterocycles. The minimum absolute atomic E-state index is 0.0338. The van der Waals surface area contributed by atoms with E-state index < -0.39 is 11.6 Å². The Bertz CT molecular complexity index is 650. The Morgan fingerprint density at radius 2 is 1.83 bits per heavy atom. The van der Waals surface area contributed by atoms with Gasteiger partial charge in [0.05, 0.1) is 13.0 Å². The van der Waals surface area contributed by atoms with Crippen LogP contribution in [0, 0.1) is 5.82 Å². The first-order valence-electron chi connectivity index (χ1n) is 6.76. The maximum absolute atomic E-state index is 13.3. The van der Waals surface area contributed by atoms with Gasteiger partial charge in [0, 0.05) is 10.6 Å². The molecule has 0 fully saturated rings. The third-order valence-electron chi connectivity index (χ3n) is 2.79. The van der Waals surface area contributed by atoms with Crippen LogP contribution in [0.4, 0.5) is 18.9 Å². The summed E-state index contributed by atoms with van der Waals surface area (Å²) in [7, 11) is 0. The first kappa shape index (κ1) is 17.2. The van der Waals surface area contributed by atoms with Crippen molar-refractivity contribution >= 4 is 23.4 Å². The van der Waals surface area contributed by atoms with Gasteiger partial charge < -0.3 is 10.1 Å². The van der Waals surface area contributed by atoms with Crippen molar-refractivity contribution in [3.05, 3.63) is 54.3 Å². The quantitative estimate of drug-likeness (QED) is 0.751. The SMILES string of the molecule is O=C(CCOc1ccccc1F)Nc1ccc(SC(F)F)cc1. The molecule has 0 aliphatic carbocycles. The highest BCUT2D eigenvalue weighted by atomic mass is 32.2. The summed E-state index contributed by atoms with van der Waals surface area (Å²) >= 11 is 0.437. The van der Waals surface area contributed by atoms with E-state index in [1.54, 1.807) is 24.3 Å². The highest BCUT2D eigenvalue weighted by Gasteiger charge is 2.07. The van der Waals surface area contributed by atoms with Crippen LogP contribution in [-0.4, -0.2) is 18.3 Å². The van der Waals surface area contributed by atoms with Crippen molar-refractivity contribution in [1.29, 1.82) is 0 Å².